The van der Waals surface area contributed by atoms with Gasteiger partial charge in [0.15, 0.2) is 5.78 Å². The van der Waals surface area contributed by atoms with Crippen LogP contribution in [0.2, 0.25) is 0 Å². The van der Waals surface area contributed by atoms with Gasteiger partial charge in [-0.05, 0) is 34.6 Å². The van der Waals surface area contributed by atoms with E-state index in [1.807, 2.05) is 13.8 Å². The zero-order valence-electron chi connectivity index (χ0n) is 9.63. The quantitative estimate of drug-likeness (QED) is 0.649. The highest BCUT2D eigenvalue weighted by Crippen LogP contribution is 2.22. The molecular formula is C10H21NO3. The molecule has 1 unspecified atom stereocenters. The van der Waals surface area contributed by atoms with Crippen molar-refractivity contribution in [1.29, 1.82) is 0 Å². The second-order valence-electron chi connectivity index (χ2n) is 4.64. The molecule has 0 aliphatic carbocycles. The number of nitrogens with two attached hydrogens (primary N) is 1. The number of Topliss-reactive ketones (excluding diaryl/α,β-unsaturated/α-hetero) is 1. The zero-order valence-corrected chi connectivity index (χ0v) is 9.63. The summed E-state index contributed by atoms with van der Waals surface area (Å²) in [6, 6.07) is 0.257. The fraction of sp³-hybridized carbons (Fsp3) is 0.900. The fourth-order valence-corrected chi connectivity index (χ4v) is 0.513. The van der Waals surface area contributed by atoms with E-state index in [0.29, 0.717) is 0 Å². The van der Waals surface area contributed by atoms with Crippen molar-refractivity contribution in [3.8, 4) is 0 Å². The Hall–Kier alpha value is -0.450. The van der Waals surface area contributed by atoms with Gasteiger partial charge in [-0.25, -0.2) is 0 Å². The van der Waals surface area contributed by atoms with E-state index in [2.05, 4.69) is 0 Å². The molecule has 0 bridgehead atoms. The largest absolute Gasteiger partial charge is 0.383 e. The number of ether oxygens (including phenoxy) is 1. The van der Waals surface area contributed by atoms with E-state index in [0.717, 1.165) is 6.61 Å². The predicted molar refractivity (Wildman–Crippen MR) is 55.0 cm³/mol. The lowest BCUT2D eigenvalue weighted by Gasteiger charge is -2.41. The summed E-state index contributed by atoms with van der Waals surface area (Å²) in [4.78, 5) is 10.2. The minimum Gasteiger partial charge on any atom is -0.383 e. The van der Waals surface area contributed by atoms with Gasteiger partial charge < -0.3 is 15.6 Å². The van der Waals surface area contributed by atoms with Crippen LogP contribution in [-0.4, -0.2) is 34.7 Å². The number of aliphatic hydroxyl groups is 1. The second kappa shape index (κ2) is 4.38. The second-order valence-corrected chi connectivity index (χ2v) is 4.64. The molecule has 4 nitrogen and oxygen atoms in total. The number of hydrogen-bond acceptors (Lipinski definition) is 4. The SMILES string of the molecule is CC(=O)C(C)(C)O.CC1(C)OCC1N. The molecule has 3 N–H and O–H groups in total. The minimum atomic E-state index is -1.14. The molecule has 4 heteroatoms. The van der Waals surface area contributed by atoms with Crippen molar-refractivity contribution >= 4 is 5.78 Å². The van der Waals surface area contributed by atoms with Crippen LogP contribution in [0.15, 0.2) is 0 Å². The first-order chi connectivity index (χ1) is 6.07. The topological polar surface area (TPSA) is 72.5 Å². The predicted octanol–water partition coefficient (Wildman–Crippen LogP) is 0.469. The molecule has 0 radical (unpaired) electrons. The average molecular weight is 203 g/mol. The maximum atomic E-state index is 10.2. The molecular weight excluding hydrogens is 182 g/mol. The molecule has 1 atom stereocenters. The maximum Gasteiger partial charge on any atom is 0.160 e. The van der Waals surface area contributed by atoms with Crippen molar-refractivity contribution in [3.05, 3.63) is 0 Å². The first-order valence-corrected chi connectivity index (χ1v) is 4.70. The zero-order chi connectivity index (χ0) is 11.6. The van der Waals surface area contributed by atoms with E-state index in [-0.39, 0.29) is 17.4 Å². The van der Waals surface area contributed by atoms with Gasteiger partial charge in [0.2, 0.25) is 0 Å². The Morgan fingerprint density at radius 3 is 1.86 bits per heavy atom. The smallest absolute Gasteiger partial charge is 0.160 e. The highest BCUT2D eigenvalue weighted by Gasteiger charge is 2.36. The summed E-state index contributed by atoms with van der Waals surface area (Å²) in [5, 5.41) is 8.75. The average Bonchev–Trinajstić information content (AvgIpc) is 2.01. The number of ketones is 1. The summed E-state index contributed by atoms with van der Waals surface area (Å²) in [5.74, 6) is -0.201. The van der Waals surface area contributed by atoms with Crippen LogP contribution in [0.4, 0.5) is 0 Å². The van der Waals surface area contributed by atoms with Crippen LogP contribution in [0.3, 0.4) is 0 Å². The van der Waals surface area contributed by atoms with Crippen LogP contribution in [0.1, 0.15) is 34.6 Å². The van der Waals surface area contributed by atoms with Crippen molar-refractivity contribution in [1.82, 2.24) is 0 Å². The van der Waals surface area contributed by atoms with Crippen molar-refractivity contribution in [3.63, 3.8) is 0 Å². The standard InChI is InChI=1S/C5H11NO.C5H10O2/c1-5(2)4(6)3-7-5;1-4(6)5(2,3)7/h4H,3,6H2,1-2H3;7H,1-3H3. The summed E-state index contributed by atoms with van der Waals surface area (Å²) < 4.78 is 5.11. The van der Waals surface area contributed by atoms with E-state index >= 15 is 0 Å². The van der Waals surface area contributed by atoms with Gasteiger partial charge in [-0.2, -0.15) is 0 Å². The molecule has 1 rings (SSSR count). The van der Waals surface area contributed by atoms with E-state index in [4.69, 9.17) is 15.6 Å². The van der Waals surface area contributed by atoms with Crippen LogP contribution in [-0.2, 0) is 9.53 Å². The Balaban J connectivity index is 0.000000241. The highest BCUT2D eigenvalue weighted by atomic mass is 16.5. The van der Waals surface area contributed by atoms with Gasteiger partial charge in [-0.3, -0.25) is 4.79 Å². The van der Waals surface area contributed by atoms with Gasteiger partial charge in [0, 0.05) is 0 Å². The number of carbonyl (C=O) groups excluding carboxylic acids is 1. The molecule has 0 amide bonds. The molecule has 0 spiro atoms. The summed E-state index contributed by atoms with van der Waals surface area (Å²) in [6.07, 6.45) is 0. The third-order valence-corrected chi connectivity index (χ3v) is 2.39. The Morgan fingerprint density at radius 2 is 1.86 bits per heavy atom. The lowest BCUT2D eigenvalue weighted by Crippen LogP contribution is -2.58. The maximum absolute atomic E-state index is 10.2. The molecule has 14 heavy (non-hydrogen) atoms. The van der Waals surface area contributed by atoms with Gasteiger partial charge >= 0.3 is 0 Å². The van der Waals surface area contributed by atoms with E-state index in [9.17, 15) is 4.79 Å². The molecule has 0 aromatic heterocycles. The van der Waals surface area contributed by atoms with Crippen LogP contribution in [0.25, 0.3) is 0 Å². The number of rotatable bonds is 1. The molecule has 1 fully saturated rings. The first-order valence-electron chi connectivity index (χ1n) is 4.70. The lowest BCUT2D eigenvalue weighted by atomic mass is 9.95. The third kappa shape index (κ3) is 4.17. The Morgan fingerprint density at radius 1 is 1.57 bits per heavy atom. The van der Waals surface area contributed by atoms with Gasteiger partial charge in [-0.1, -0.05) is 0 Å². The van der Waals surface area contributed by atoms with Crippen LogP contribution >= 0.6 is 0 Å². The Bertz CT molecular complexity index is 206. The van der Waals surface area contributed by atoms with E-state index in [1.165, 1.54) is 20.8 Å². The monoisotopic (exact) mass is 203 g/mol. The van der Waals surface area contributed by atoms with Crippen LogP contribution in [0.5, 0.6) is 0 Å². The third-order valence-electron chi connectivity index (χ3n) is 2.39. The van der Waals surface area contributed by atoms with Crippen LogP contribution in [0, 0.1) is 0 Å². The molecule has 1 saturated heterocycles. The number of carbonyl (C=O) groups is 1. The minimum absolute atomic E-state index is 0.0417. The molecule has 84 valence electrons. The van der Waals surface area contributed by atoms with Gasteiger partial charge in [0.05, 0.1) is 18.2 Å². The summed E-state index contributed by atoms with van der Waals surface area (Å²) in [5.41, 5.74) is 4.35. The van der Waals surface area contributed by atoms with Gasteiger partial charge in [0.1, 0.15) is 5.60 Å². The van der Waals surface area contributed by atoms with E-state index in [1.54, 1.807) is 0 Å². The van der Waals surface area contributed by atoms with Crippen molar-refractivity contribution in [2.75, 3.05) is 6.61 Å². The van der Waals surface area contributed by atoms with Gasteiger partial charge in [0.25, 0.3) is 0 Å². The number of hydrogen-bond donors (Lipinski definition) is 2. The van der Waals surface area contributed by atoms with Crippen molar-refractivity contribution in [2.45, 2.75) is 51.9 Å². The highest BCUT2D eigenvalue weighted by molar-refractivity contribution is 5.83. The summed E-state index contributed by atoms with van der Waals surface area (Å²) in [7, 11) is 0. The van der Waals surface area contributed by atoms with Crippen LogP contribution < -0.4 is 5.73 Å². The molecule has 1 aliphatic heterocycles. The van der Waals surface area contributed by atoms with Crippen molar-refractivity contribution < 1.29 is 14.6 Å². The lowest BCUT2D eigenvalue weighted by molar-refractivity contribution is -0.140. The van der Waals surface area contributed by atoms with Gasteiger partial charge in [-0.15, -0.1) is 0 Å². The molecule has 0 saturated carbocycles. The summed E-state index contributed by atoms with van der Waals surface area (Å²) >= 11 is 0. The van der Waals surface area contributed by atoms with Crippen molar-refractivity contribution in [2.24, 2.45) is 5.73 Å². The first kappa shape index (κ1) is 13.5. The molecule has 1 heterocycles. The Labute approximate surface area is 85.4 Å². The fourth-order valence-electron chi connectivity index (χ4n) is 0.513. The van der Waals surface area contributed by atoms with E-state index < -0.39 is 5.60 Å². The molecule has 1 aliphatic rings. The summed E-state index contributed by atoms with van der Waals surface area (Å²) in [6.45, 7) is 9.03. The molecule has 0 aromatic rings. The molecule has 0 aromatic carbocycles. The normalized spacial score (nSPS) is 24.4. The Kier molecular flexibility index (Phi) is 4.24.